The molecule has 104 valence electrons. The summed E-state index contributed by atoms with van der Waals surface area (Å²) < 4.78 is 25.2. The lowest BCUT2D eigenvalue weighted by atomic mass is 10.0. The Hall–Kier alpha value is -0.660. The molecule has 0 aromatic heterocycles. The van der Waals surface area contributed by atoms with E-state index in [-0.39, 0.29) is 6.29 Å². The first kappa shape index (κ1) is 18.7. The Morgan fingerprint density at radius 3 is 1.71 bits per heavy atom. The van der Waals surface area contributed by atoms with Crippen LogP contribution in [0.25, 0.3) is 0 Å². The molecule has 0 amide bonds. The number of aliphatic hydroxyl groups excluding tert-OH is 5. The number of aldehydes is 1. The first-order valence-electron chi connectivity index (χ1n) is 4.08. The molecule has 0 aliphatic rings. The Labute approximate surface area is 96.8 Å². The van der Waals surface area contributed by atoms with Crippen molar-refractivity contribution in [3.05, 3.63) is 0 Å². The van der Waals surface area contributed by atoms with Crippen LogP contribution in [0.2, 0.25) is 0 Å². The highest BCUT2D eigenvalue weighted by molar-refractivity contribution is 7.83. The van der Waals surface area contributed by atoms with Crippen LogP contribution in [0, 0.1) is 0 Å². The van der Waals surface area contributed by atoms with E-state index in [9.17, 15) is 4.79 Å². The normalized spacial score (nSPS) is 18.3. The van der Waals surface area contributed by atoms with Crippen LogP contribution in [0.4, 0.5) is 0 Å². The standard InChI is InChI=1S/C6H12O6.H3NO3S/c7-1-3(9)5(11)6(12)4(10)2-8;1-5(2,3)4/h1,3-6,8-12H,2H2;(H3,1,2,3,4). The molecule has 0 aliphatic carbocycles. The Morgan fingerprint density at radius 2 is 1.47 bits per heavy atom. The van der Waals surface area contributed by atoms with Crippen LogP contribution < -0.4 is 5.14 Å². The summed E-state index contributed by atoms with van der Waals surface area (Å²) in [5.41, 5.74) is 0. The second-order valence-corrected chi connectivity index (χ2v) is 3.90. The van der Waals surface area contributed by atoms with Gasteiger partial charge in [-0.2, -0.15) is 8.42 Å². The van der Waals surface area contributed by atoms with E-state index in [0.29, 0.717) is 0 Å². The van der Waals surface area contributed by atoms with Gasteiger partial charge in [-0.3, -0.25) is 4.55 Å². The van der Waals surface area contributed by atoms with Gasteiger partial charge in [-0.15, -0.1) is 0 Å². The lowest BCUT2D eigenvalue weighted by molar-refractivity contribution is -0.136. The summed E-state index contributed by atoms with van der Waals surface area (Å²) in [6, 6.07) is 0. The van der Waals surface area contributed by atoms with Crippen LogP contribution in [0.3, 0.4) is 0 Å². The smallest absolute Gasteiger partial charge is 0.330 e. The van der Waals surface area contributed by atoms with Crippen LogP contribution in [0.1, 0.15) is 0 Å². The van der Waals surface area contributed by atoms with Crippen LogP contribution in [-0.2, 0) is 15.1 Å². The fourth-order valence-corrected chi connectivity index (χ4v) is 0.618. The maximum atomic E-state index is 9.90. The molecule has 0 saturated heterocycles. The molecule has 0 heterocycles. The van der Waals surface area contributed by atoms with Crippen molar-refractivity contribution < 1.29 is 43.3 Å². The highest BCUT2D eigenvalue weighted by Crippen LogP contribution is 2.02. The minimum Gasteiger partial charge on any atom is -0.394 e. The van der Waals surface area contributed by atoms with Gasteiger partial charge in [0.15, 0.2) is 6.29 Å². The zero-order valence-electron chi connectivity index (χ0n) is 8.49. The van der Waals surface area contributed by atoms with Crippen molar-refractivity contribution in [1.82, 2.24) is 0 Å². The van der Waals surface area contributed by atoms with E-state index in [0.717, 1.165) is 0 Å². The summed E-state index contributed by atoms with van der Waals surface area (Å²) in [5.74, 6) is 0. The molecule has 0 rings (SSSR count). The minimum atomic E-state index is -4.17. The molecule has 0 aliphatic heterocycles. The highest BCUT2D eigenvalue weighted by Gasteiger charge is 2.29. The molecule has 0 fully saturated rings. The molecule has 0 saturated carbocycles. The maximum Gasteiger partial charge on any atom is 0.330 e. The molecular formula is C6H15NO9S. The number of hydrogen-bond donors (Lipinski definition) is 7. The summed E-state index contributed by atoms with van der Waals surface area (Å²) in [6.45, 7) is -0.760. The van der Waals surface area contributed by atoms with Gasteiger partial charge in [0.05, 0.1) is 6.61 Å². The topological polar surface area (TPSA) is 199 Å². The quantitative estimate of drug-likeness (QED) is 0.191. The van der Waals surface area contributed by atoms with E-state index in [2.05, 4.69) is 5.14 Å². The Kier molecular flexibility index (Phi) is 9.28. The number of hydrogen-bond acceptors (Lipinski definition) is 8. The van der Waals surface area contributed by atoms with E-state index >= 15 is 0 Å². The lowest BCUT2D eigenvalue weighted by Crippen LogP contribution is -2.46. The van der Waals surface area contributed by atoms with Gasteiger partial charge in [0.1, 0.15) is 24.4 Å². The molecule has 0 spiro atoms. The molecular weight excluding hydrogens is 262 g/mol. The van der Waals surface area contributed by atoms with Gasteiger partial charge in [-0.25, -0.2) is 5.14 Å². The zero-order chi connectivity index (χ0) is 14.2. The number of aliphatic hydroxyl groups is 5. The molecule has 0 aromatic rings. The second-order valence-electron chi connectivity index (χ2n) is 2.87. The summed E-state index contributed by atoms with van der Waals surface area (Å²) in [4.78, 5) is 9.90. The minimum absolute atomic E-state index is 0.0258. The molecule has 11 heteroatoms. The van der Waals surface area contributed by atoms with Gasteiger partial charge in [0, 0.05) is 0 Å². The van der Waals surface area contributed by atoms with E-state index in [1.165, 1.54) is 0 Å². The summed E-state index contributed by atoms with van der Waals surface area (Å²) in [5, 5.41) is 47.4. The van der Waals surface area contributed by atoms with Crippen molar-refractivity contribution in [2.24, 2.45) is 5.14 Å². The summed E-state index contributed by atoms with van der Waals surface area (Å²) in [6.07, 6.45) is -6.84. The third-order valence-electron chi connectivity index (χ3n) is 1.42. The van der Waals surface area contributed by atoms with Crippen molar-refractivity contribution >= 4 is 16.6 Å². The monoisotopic (exact) mass is 277 g/mol. The average Bonchev–Trinajstić information content (AvgIpc) is 2.22. The maximum absolute atomic E-state index is 9.90. The van der Waals surface area contributed by atoms with Gasteiger partial charge in [0.25, 0.3) is 0 Å². The van der Waals surface area contributed by atoms with Crippen molar-refractivity contribution in [3.8, 4) is 0 Å². The Balaban J connectivity index is 0. The zero-order valence-corrected chi connectivity index (χ0v) is 9.30. The average molecular weight is 277 g/mol. The Bertz CT molecular complexity index is 297. The van der Waals surface area contributed by atoms with Crippen molar-refractivity contribution in [2.45, 2.75) is 24.4 Å². The van der Waals surface area contributed by atoms with E-state index in [4.69, 9.17) is 38.5 Å². The van der Waals surface area contributed by atoms with Crippen molar-refractivity contribution in [3.63, 3.8) is 0 Å². The van der Waals surface area contributed by atoms with Gasteiger partial charge in [0.2, 0.25) is 0 Å². The van der Waals surface area contributed by atoms with E-state index in [1.54, 1.807) is 0 Å². The van der Waals surface area contributed by atoms with Crippen molar-refractivity contribution in [2.75, 3.05) is 6.61 Å². The van der Waals surface area contributed by atoms with Gasteiger partial charge in [-0.05, 0) is 0 Å². The largest absolute Gasteiger partial charge is 0.394 e. The van der Waals surface area contributed by atoms with Crippen LogP contribution in [-0.4, -0.2) is 75.8 Å². The number of rotatable bonds is 5. The molecule has 4 unspecified atom stereocenters. The fourth-order valence-electron chi connectivity index (χ4n) is 0.618. The summed E-state index contributed by atoms with van der Waals surface area (Å²) in [7, 11) is -4.17. The lowest BCUT2D eigenvalue weighted by Gasteiger charge is -2.22. The third kappa shape index (κ3) is 11.6. The number of nitrogens with two attached hydrogens (primary N) is 1. The van der Waals surface area contributed by atoms with Crippen LogP contribution >= 0.6 is 0 Å². The second kappa shape index (κ2) is 8.43. The van der Waals surface area contributed by atoms with Crippen LogP contribution in [0.5, 0.6) is 0 Å². The SMILES string of the molecule is NS(=O)(=O)O.O=CC(O)C(O)C(O)C(O)CO. The van der Waals surface area contributed by atoms with Crippen LogP contribution in [0.15, 0.2) is 0 Å². The fraction of sp³-hybridized carbons (Fsp3) is 0.833. The molecule has 8 N–H and O–H groups in total. The number of carbonyl (C=O) groups excluding carboxylic acids is 1. The van der Waals surface area contributed by atoms with Gasteiger partial charge in [-0.1, -0.05) is 0 Å². The van der Waals surface area contributed by atoms with E-state index in [1.807, 2.05) is 0 Å². The Morgan fingerprint density at radius 1 is 1.12 bits per heavy atom. The number of carbonyl (C=O) groups is 1. The predicted molar refractivity (Wildman–Crippen MR) is 52.9 cm³/mol. The first-order valence-corrected chi connectivity index (χ1v) is 5.58. The van der Waals surface area contributed by atoms with E-state index < -0.39 is 41.3 Å². The summed E-state index contributed by atoms with van der Waals surface area (Å²) >= 11 is 0. The highest BCUT2D eigenvalue weighted by atomic mass is 32.2. The molecule has 17 heavy (non-hydrogen) atoms. The molecule has 10 nitrogen and oxygen atoms in total. The molecule has 0 radical (unpaired) electrons. The first-order chi connectivity index (χ1) is 7.54. The molecule has 4 atom stereocenters. The van der Waals surface area contributed by atoms with Gasteiger partial charge < -0.3 is 30.3 Å². The molecule has 0 aromatic carbocycles. The predicted octanol–water partition coefficient (Wildman–Crippen LogP) is -4.63. The molecule has 0 bridgehead atoms. The van der Waals surface area contributed by atoms with Crippen molar-refractivity contribution in [1.29, 1.82) is 0 Å². The van der Waals surface area contributed by atoms with Gasteiger partial charge >= 0.3 is 10.3 Å². The third-order valence-corrected chi connectivity index (χ3v) is 1.42.